The van der Waals surface area contributed by atoms with Crippen molar-refractivity contribution in [3.05, 3.63) is 54.1 Å². The van der Waals surface area contributed by atoms with Crippen molar-refractivity contribution in [2.75, 3.05) is 20.2 Å². The van der Waals surface area contributed by atoms with Crippen molar-refractivity contribution in [2.24, 2.45) is 0 Å². The monoisotopic (exact) mass is 381 g/mol. The first-order valence-electron chi connectivity index (χ1n) is 8.30. The Morgan fingerprint density at radius 2 is 1.78 bits per heavy atom. The predicted octanol–water partition coefficient (Wildman–Crippen LogP) is 3.89. The summed E-state index contributed by atoms with van der Waals surface area (Å²) in [5, 5.41) is 0. The van der Waals surface area contributed by atoms with Gasteiger partial charge in [-0.2, -0.15) is 0 Å². The highest BCUT2D eigenvalue weighted by Crippen LogP contribution is 2.25. The van der Waals surface area contributed by atoms with E-state index in [4.69, 9.17) is 9.47 Å². The Bertz CT molecular complexity index is 792. The fourth-order valence-corrected chi connectivity index (χ4v) is 2.86. The maximum atomic E-state index is 12.6. The molecular weight excluding hydrogens is 363 g/mol. The van der Waals surface area contributed by atoms with Gasteiger partial charge < -0.3 is 19.1 Å². The van der Waals surface area contributed by atoms with E-state index in [1.807, 2.05) is 0 Å². The molecule has 5 nitrogen and oxygen atoms in total. The second kappa shape index (κ2) is 7.77. The van der Waals surface area contributed by atoms with Crippen molar-refractivity contribution in [3.8, 4) is 17.2 Å². The SMILES string of the molecule is COc1ccc(O[C@@H]2CCN(C(=O)c3cccc(OC(F)(F)F)c3)C2)cc1. The number of carbonyl (C=O) groups is 1. The molecule has 2 aromatic rings. The molecule has 0 saturated carbocycles. The normalized spacial score (nSPS) is 16.9. The average Bonchev–Trinajstić information content (AvgIpc) is 3.09. The third-order valence-corrected chi connectivity index (χ3v) is 4.11. The molecule has 1 amide bonds. The van der Waals surface area contributed by atoms with Crippen LogP contribution in [-0.4, -0.2) is 43.5 Å². The van der Waals surface area contributed by atoms with Gasteiger partial charge in [0.1, 0.15) is 23.4 Å². The van der Waals surface area contributed by atoms with Crippen LogP contribution in [0.4, 0.5) is 13.2 Å². The highest BCUT2D eigenvalue weighted by Gasteiger charge is 2.32. The first-order valence-corrected chi connectivity index (χ1v) is 8.30. The van der Waals surface area contributed by atoms with Crippen molar-refractivity contribution >= 4 is 5.91 Å². The number of likely N-dealkylation sites (tertiary alicyclic amines) is 1. The summed E-state index contributed by atoms with van der Waals surface area (Å²) in [6.07, 6.45) is -4.35. The smallest absolute Gasteiger partial charge is 0.497 e. The van der Waals surface area contributed by atoms with E-state index in [9.17, 15) is 18.0 Å². The molecule has 27 heavy (non-hydrogen) atoms. The van der Waals surface area contributed by atoms with Gasteiger partial charge in [0, 0.05) is 18.5 Å². The second-order valence-corrected chi connectivity index (χ2v) is 6.03. The summed E-state index contributed by atoms with van der Waals surface area (Å²) in [7, 11) is 1.57. The first kappa shape index (κ1) is 18.9. The van der Waals surface area contributed by atoms with Crippen LogP contribution in [0.5, 0.6) is 17.2 Å². The van der Waals surface area contributed by atoms with Crippen LogP contribution in [0.15, 0.2) is 48.5 Å². The standard InChI is InChI=1S/C19H18F3NO4/c1-25-14-5-7-15(8-6-14)26-17-9-10-23(12-17)18(24)13-3-2-4-16(11-13)27-19(20,21)22/h2-8,11,17H,9-10,12H2,1H3/t17-/m1/s1. The highest BCUT2D eigenvalue weighted by molar-refractivity contribution is 5.94. The molecular formula is C19H18F3NO4. The van der Waals surface area contributed by atoms with E-state index in [0.29, 0.717) is 31.0 Å². The summed E-state index contributed by atoms with van der Waals surface area (Å²) in [4.78, 5) is 14.1. The minimum absolute atomic E-state index is 0.141. The molecule has 3 rings (SSSR count). The number of methoxy groups -OCH3 is 1. The van der Waals surface area contributed by atoms with Crippen LogP contribution in [-0.2, 0) is 0 Å². The molecule has 0 radical (unpaired) electrons. The number of carbonyl (C=O) groups excluding carboxylic acids is 1. The lowest BCUT2D eigenvalue weighted by Gasteiger charge is -2.18. The molecule has 1 saturated heterocycles. The van der Waals surface area contributed by atoms with E-state index < -0.39 is 12.1 Å². The summed E-state index contributed by atoms with van der Waals surface area (Å²) in [6.45, 7) is 0.819. The van der Waals surface area contributed by atoms with Gasteiger partial charge in [-0.1, -0.05) is 6.07 Å². The molecule has 0 aromatic heterocycles. The zero-order chi connectivity index (χ0) is 19.4. The number of alkyl halides is 3. The summed E-state index contributed by atoms with van der Waals surface area (Å²) in [6, 6.07) is 12.2. The van der Waals surface area contributed by atoms with Gasteiger partial charge in [-0.15, -0.1) is 13.2 Å². The Morgan fingerprint density at radius 3 is 2.44 bits per heavy atom. The van der Waals surface area contributed by atoms with Crippen molar-refractivity contribution in [3.63, 3.8) is 0 Å². The van der Waals surface area contributed by atoms with E-state index in [-0.39, 0.29) is 17.6 Å². The molecule has 0 spiro atoms. The third kappa shape index (κ3) is 5.06. The molecule has 8 heteroatoms. The number of rotatable bonds is 5. The van der Waals surface area contributed by atoms with Gasteiger partial charge in [0.15, 0.2) is 0 Å². The maximum Gasteiger partial charge on any atom is 0.573 e. The van der Waals surface area contributed by atoms with Gasteiger partial charge in [0.2, 0.25) is 0 Å². The van der Waals surface area contributed by atoms with Crippen LogP contribution in [0.25, 0.3) is 0 Å². The van der Waals surface area contributed by atoms with Crippen LogP contribution >= 0.6 is 0 Å². The third-order valence-electron chi connectivity index (χ3n) is 4.11. The molecule has 1 fully saturated rings. The molecule has 1 atom stereocenters. The number of nitrogens with zero attached hydrogens (tertiary/aromatic N) is 1. The van der Waals surface area contributed by atoms with Gasteiger partial charge >= 0.3 is 6.36 Å². The quantitative estimate of drug-likeness (QED) is 0.789. The zero-order valence-corrected chi connectivity index (χ0v) is 14.5. The second-order valence-electron chi connectivity index (χ2n) is 6.03. The lowest BCUT2D eigenvalue weighted by Crippen LogP contribution is -2.31. The van der Waals surface area contributed by atoms with Gasteiger partial charge in [0.25, 0.3) is 5.91 Å². The summed E-state index contributed by atoms with van der Waals surface area (Å²) >= 11 is 0. The van der Waals surface area contributed by atoms with E-state index in [0.717, 1.165) is 12.1 Å². The molecule has 0 N–H and O–H groups in total. The number of ether oxygens (including phenoxy) is 3. The van der Waals surface area contributed by atoms with Crippen LogP contribution in [0, 0.1) is 0 Å². The van der Waals surface area contributed by atoms with Gasteiger partial charge in [0.05, 0.1) is 13.7 Å². The van der Waals surface area contributed by atoms with Crippen LogP contribution in [0.2, 0.25) is 0 Å². The lowest BCUT2D eigenvalue weighted by atomic mass is 10.2. The van der Waals surface area contributed by atoms with Crippen LogP contribution < -0.4 is 14.2 Å². The molecule has 0 bridgehead atoms. The van der Waals surface area contributed by atoms with E-state index >= 15 is 0 Å². The number of benzene rings is 2. The van der Waals surface area contributed by atoms with E-state index in [1.165, 1.54) is 12.1 Å². The molecule has 0 aliphatic carbocycles. The van der Waals surface area contributed by atoms with Gasteiger partial charge in [-0.3, -0.25) is 4.79 Å². The van der Waals surface area contributed by atoms with Gasteiger partial charge in [-0.25, -0.2) is 0 Å². The number of amides is 1. The molecule has 144 valence electrons. The maximum absolute atomic E-state index is 12.6. The van der Waals surface area contributed by atoms with Crippen molar-refractivity contribution in [2.45, 2.75) is 18.9 Å². The number of hydrogen-bond acceptors (Lipinski definition) is 4. The fraction of sp³-hybridized carbons (Fsp3) is 0.316. The van der Waals surface area contributed by atoms with Crippen molar-refractivity contribution in [1.29, 1.82) is 0 Å². The molecule has 0 unspecified atom stereocenters. The van der Waals surface area contributed by atoms with Crippen LogP contribution in [0.3, 0.4) is 0 Å². The highest BCUT2D eigenvalue weighted by atomic mass is 19.4. The topological polar surface area (TPSA) is 48.0 Å². The fourth-order valence-electron chi connectivity index (χ4n) is 2.86. The lowest BCUT2D eigenvalue weighted by molar-refractivity contribution is -0.274. The predicted molar refractivity (Wildman–Crippen MR) is 91.1 cm³/mol. The zero-order valence-electron chi connectivity index (χ0n) is 14.5. The summed E-state index contributed by atoms with van der Waals surface area (Å²) in [5.41, 5.74) is 0.141. The summed E-state index contributed by atoms with van der Waals surface area (Å²) in [5.74, 6) is 0.601. The molecule has 1 aliphatic rings. The Hall–Kier alpha value is -2.90. The molecule has 2 aromatic carbocycles. The number of hydrogen-bond donors (Lipinski definition) is 0. The first-order chi connectivity index (χ1) is 12.8. The number of halogens is 3. The largest absolute Gasteiger partial charge is 0.573 e. The molecule has 1 aliphatic heterocycles. The van der Waals surface area contributed by atoms with Gasteiger partial charge in [-0.05, 0) is 42.5 Å². The summed E-state index contributed by atoms with van der Waals surface area (Å²) < 4.78 is 51.8. The van der Waals surface area contributed by atoms with E-state index in [1.54, 1.807) is 36.3 Å². The van der Waals surface area contributed by atoms with Crippen molar-refractivity contribution in [1.82, 2.24) is 4.90 Å². The Morgan fingerprint density at radius 1 is 1.07 bits per heavy atom. The Balaban J connectivity index is 1.61. The van der Waals surface area contributed by atoms with E-state index in [2.05, 4.69) is 4.74 Å². The molecule has 1 heterocycles. The van der Waals surface area contributed by atoms with Crippen molar-refractivity contribution < 1.29 is 32.2 Å². The Labute approximate surface area is 154 Å². The minimum Gasteiger partial charge on any atom is -0.497 e. The van der Waals surface area contributed by atoms with Crippen LogP contribution in [0.1, 0.15) is 16.8 Å². The minimum atomic E-state index is -4.80. The average molecular weight is 381 g/mol. The Kier molecular flexibility index (Phi) is 5.43.